The van der Waals surface area contributed by atoms with E-state index in [0.717, 1.165) is 32.4 Å². The molecule has 2 amide bonds. The van der Waals surface area contributed by atoms with Crippen LogP contribution in [0.15, 0.2) is 0 Å². The minimum absolute atomic E-state index is 0.00224. The van der Waals surface area contributed by atoms with Crippen molar-refractivity contribution in [3.63, 3.8) is 0 Å². The van der Waals surface area contributed by atoms with Crippen molar-refractivity contribution >= 4 is 6.03 Å². The topological polar surface area (TPSA) is 44.4 Å². The highest BCUT2D eigenvalue weighted by atomic mass is 19.4. The Bertz CT molecular complexity index is 308. The van der Waals surface area contributed by atoms with Crippen LogP contribution < -0.4 is 10.6 Å². The van der Waals surface area contributed by atoms with Crippen molar-refractivity contribution in [1.29, 1.82) is 0 Å². The van der Waals surface area contributed by atoms with Gasteiger partial charge in [-0.2, -0.15) is 13.2 Å². The molecule has 2 aliphatic rings. The van der Waals surface area contributed by atoms with E-state index in [2.05, 4.69) is 10.2 Å². The first-order chi connectivity index (χ1) is 8.44. The van der Waals surface area contributed by atoms with E-state index >= 15 is 0 Å². The molecule has 0 aromatic heterocycles. The smallest absolute Gasteiger partial charge is 0.335 e. The molecule has 0 bridgehead atoms. The molecule has 2 aliphatic heterocycles. The van der Waals surface area contributed by atoms with Crippen LogP contribution in [-0.4, -0.2) is 48.8 Å². The molecule has 2 atom stereocenters. The van der Waals surface area contributed by atoms with Gasteiger partial charge in [-0.15, -0.1) is 0 Å². The van der Waals surface area contributed by atoms with E-state index in [1.807, 2.05) is 5.32 Å². The highest BCUT2D eigenvalue weighted by Crippen LogP contribution is 2.26. The molecule has 0 saturated carbocycles. The molecule has 2 rings (SSSR count). The second-order valence-corrected chi connectivity index (χ2v) is 5.00. The van der Waals surface area contributed by atoms with Gasteiger partial charge in [0.2, 0.25) is 0 Å². The number of piperidine rings is 1. The maximum atomic E-state index is 11.9. The zero-order valence-corrected chi connectivity index (χ0v) is 10.1. The minimum Gasteiger partial charge on any atom is -0.335 e. The lowest BCUT2D eigenvalue weighted by molar-refractivity contribution is -0.122. The summed E-state index contributed by atoms with van der Waals surface area (Å²) in [6.07, 6.45) is -0.387. The zero-order valence-electron chi connectivity index (χ0n) is 10.1. The molecule has 18 heavy (non-hydrogen) atoms. The summed E-state index contributed by atoms with van der Waals surface area (Å²) in [5, 5.41) is 4.47. The van der Waals surface area contributed by atoms with Crippen molar-refractivity contribution in [2.24, 2.45) is 0 Å². The van der Waals surface area contributed by atoms with Crippen LogP contribution in [0.3, 0.4) is 0 Å². The molecule has 2 heterocycles. The van der Waals surface area contributed by atoms with Crippen LogP contribution in [-0.2, 0) is 0 Å². The zero-order chi connectivity index (χ0) is 13.2. The first-order valence-electron chi connectivity index (χ1n) is 6.29. The van der Waals surface area contributed by atoms with E-state index in [1.165, 1.54) is 6.42 Å². The lowest BCUT2D eigenvalue weighted by Gasteiger charge is -2.35. The predicted octanol–water partition coefficient (Wildman–Crippen LogP) is 1.47. The molecular weight excluding hydrogens is 247 g/mol. The molecule has 2 N–H and O–H groups in total. The fraction of sp³-hybridized carbons (Fsp3) is 0.909. The van der Waals surface area contributed by atoms with Crippen LogP contribution in [0.4, 0.5) is 18.0 Å². The number of hydrogen-bond acceptors (Lipinski definition) is 2. The molecule has 0 aromatic rings. The maximum absolute atomic E-state index is 11.9. The minimum atomic E-state index is -4.36. The van der Waals surface area contributed by atoms with E-state index in [9.17, 15) is 18.0 Å². The number of carbonyl (C=O) groups is 1. The summed E-state index contributed by atoms with van der Waals surface area (Å²) >= 11 is 0. The van der Waals surface area contributed by atoms with Gasteiger partial charge in [-0.25, -0.2) is 4.79 Å². The fourth-order valence-corrected chi connectivity index (χ4v) is 2.77. The van der Waals surface area contributed by atoms with Crippen molar-refractivity contribution in [3.05, 3.63) is 0 Å². The molecule has 2 saturated heterocycles. The van der Waals surface area contributed by atoms with E-state index in [0.29, 0.717) is 6.04 Å². The van der Waals surface area contributed by atoms with Crippen LogP contribution in [0.2, 0.25) is 0 Å². The second-order valence-electron chi connectivity index (χ2n) is 5.00. The van der Waals surface area contributed by atoms with Crippen LogP contribution in [0.1, 0.15) is 25.7 Å². The predicted molar refractivity (Wildman–Crippen MR) is 60.2 cm³/mol. The van der Waals surface area contributed by atoms with Crippen molar-refractivity contribution in [2.45, 2.75) is 43.9 Å². The van der Waals surface area contributed by atoms with Gasteiger partial charge in [-0.1, -0.05) is 0 Å². The van der Waals surface area contributed by atoms with Gasteiger partial charge in [0.1, 0.15) is 6.54 Å². The van der Waals surface area contributed by atoms with Gasteiger partial charge in [-0.3, -0.25) is 0 Å². The Kier molecular flexibility index (Phi) is 3.99. The van der Waals surface area contributed by atoms with Crippen molar-refractivity contribution in [3.8, 4) is 0 Å². The normalized spacial score (nSPS) is 28.8. The maximum Gasteiger partial charge on any atom is 0.405 e. The summed E-state index contributed by atoms with van der Waals surface area (Å²) in [4.78, 5) is 13.7. The van der Waals surface area contributed by atoms with Crippen molar-refractivity contribution in [1.82, 2.24) is 15.5 Å². The Balaban J connectivity index is 1.71. The number of hydrogen-bond donors (Lipinski definition) is 2. The Morgan fingerprint density at radius 3 is 2.78 bits per heavy atom. The number of amides is 2. The molecule has 0 spiro atoms. The molecule has 0 aromatic carbocycles. The van der Waals surface area contributed by atoms with E-state index in [1.54, 1.807) is 0 Å². The van der Waals surface area contributed by atoms with Gasteiger partial charge in [0.15, 0.2) is 0 Å². The molecule has 2 unspecified atom stereocenters. The average Bonchev–Trinajstić information content (AvgIpc) is 2.72. The molecule has 104 valence electrons. The van der Waals surface area contributed by atoms with E-state index in [-0.39, 0.29) is 6.04 Å². The number of rotatable bonds is 2. The largest absolute Gasteiger partial charge is 0.405 e. The lowest BCUT2D eigenvalue weighted by atomic mass is 9.98. The van der Waals surface area contributed by atoms with Crippen LogP contribution in [0.25, 0.3) is 0 Å². The SMILES string of the molecule is O=C(NCC(F)(F)F)NC1CCN2CCCC2C1. The third kappa shape index (κ3) is 3.76. The second kappa shape index (κ2) is 5.34. The summed E-state index contributed by atoms with van der Waals surface area (Å²) in [7, 11) is 0. The van der Waals surface area contributed by atoms with Crippen LogP contribution >= 0.6 is 0 Å². The van der Waals surface area contributed by atoms with Gasteiger partial charge in [-0.05, 0) is 32.2 Å². The number of alkyl halides is 3. The molecule has 0 radical (unpaired) electrons. The van der Waals surface area contributed by atoms with Gasteiger partial charge < -0.3 is 15.5 Å². The lowest BCUT2D eigenvalue weighted by Crippen LogP contribution is -2.51. The number of halogens is 3. The number of carbonyl (C=O) groups excluding carboxylic acids is 1. The number of urea groups is 1. The van der Waals surface area contributed by atoms with Gasteiger partial charge >= 0.3 is 12.2 Å². The Hall–Kier alpha value is -0.980. The first kappa shape index (κ1) is 13.5. The van der Waals surface area contributed by atoms with E-state index in [4.69, 9.17) is 0 Å². The highest BCUT2D eigenvalue weighted by Gasteiger charge is 2.33. The molecule has 7 heteroatoms. The summed E-state index contributed by atoms with van der Waals surface area (Å²) in [6.45, 7) is 0.758. The molecule has 4 nitrogen and oxygen atoms in total. The average molecular weight is 265 g/mol. The van der Waals surface area contributed by atoms with E-state index < -0.39 is 18.8 Å². The summed E-state index contributed by atoms with van der Waals surface area (Å²) < 4.78 is 35.8. The third-order valence-corrected chi connectivity index (χ3v) is 3.61. The fourth-order valence-electron chi connectivity index (χ4n) is 2.77. The Labute approximate surface area is 104 Å². The number of fused-ring (bicyclic) bond motifs is 1. The van der Waals surface area contributed by atoms with Gasteiger partial charge in [0.25, 0.3) is 0 Å². The number of nitrogens with zero attached hydrogens (tertiary/aromatic N) is 1. The molecular formula is C11H18F3N3O. The van der Waals surface area contributed by atoms with Crippen molar-refractivity contribution < 1.29 is 18.0 Å². The monoisotopic (exact) mass is 265 g/mol. The van der Waals surface area contributed by atoms with Gasteiger partial charge in [0.05, 0.1) is 0 Å². The first-order valence-corrected chi connectivity index (χ1v) is 6.29. The Morgan fingerprint density at radius 2 is 2.06 bits per heavy atom. The molecule has 2 fully saturated rings. The van der Waals surface area contributed by atoms with Crippen LogP contribution in [0, 0.1) is 0 Å². The van der Waals surface area contributed by atoms with Crippen molar-refractivity contribution in [2.75, 3.05) is 19.6 Å². The highest BCUT2D eigenvalue weighted by molar-refractivity contribution is 5.74. The number of nitrogens with one attached hydrogen (secondary N) is 2. The summed E-state index contributed by atoms with van der Waals surface area (Å²) in [5.74, 6) is 0. The third-order valence-electron chi connectivity index (χ3n) is 3.61. The summed E-state index contributed by atoms with van der Waals surface area (Å²) in [5.41, 5.74) is 0. The molecule has 0 aliphatic carbocycles. The standard InChI is InChI=1S/C11H18F3N3O/c12-11(13,14)7-15-10(18)16-8-3-5-17-4-1-2-9(17)6-8/h8-9H,1-7H2,(H2,15,16,18). The van der Waals surface area contributed by atoms with Crippen LogP contribution in [0.5, 0.6) is 0 Å². The van der Waals surface area contributed by atoms with Gasteiger partial charge in [0, 0.05) is 18.6 Å². The quantitative estimate of drug-likeness (QED) is 0.794. The summed E-state index contributed by atoms with van der Waals surface area (Å²) in [6, 6.07) is -0.229. The Morgan fingerprint density at radius 1 is 1.28 bits per heavy atom.